The summed E-state index contributed by atoms with van der Waals surface area (Å²) in [6, 6.07) is 4.32. The van der Waals surface area contributed by atoms with Crippen LogP contribution in [0, 0.1) is 5.82 Å². The fourth-order valence-electron chi connectivity index (χ4n) is 1.09. The van der Waals surface area contributed by atoms with E-state index < -0.39 is 5.82 Å². The fourth-order valence-corrected chi connectivity index (χ4v) is 1.09. The number of ether oxygens (including phenoxy) is 1. The molecule has 14 heavy (non-hydrogen) atoms. The van der Waals surface area contributed by atoms with Gasteiger partial charge >= 0.3 is 0 Å². The molecule has 0 aromatic heterocycles. The fraction of sp³-hybridized carbons (Fsp3) is 0.364. The minimum absolute atomic E-state index is 0.0657. The first-order valence-corrected chi connectivity index (χ1v) is 4.66. The highest BCUT2D eigenvalue weighted by molar-refractivity contribution is 5.79. The molecule has 0 N–H and O–H groups in total. The summed E-state index contributed by atoms with van der Waals surface area (Å²) >= 11 is 0. The van der Waals surface area contributed by atoms with Crippen LogP contribution in [0.3, 0.4) is 0 Å². The highest BCUT2D eigenvalue weighted by Gasteiger charge is 2.08. The lowest BCUT2D eigenvalue weighted by atomic mass is 10.2. The second-order valence-corrected chi connectivity index (χ2v) is 2.98. The Morgan fingerprint density at radius 1 is 1.50 bits per heavy atom. The molecule has 1 aromatic rings. The van der Waals surface area contributed by atoms with E-state index in [0.29, 0.717) is 12.9 Å². The molecule has 0 fully saturated rings. The Kier molecular flexibility index (Phi) is 4.11. The van der Waals surface area contributed by atoms with E-state index >= 15 is 0 Å². The average molecular weight is 196 g/mol. The van der Waals surface area contributed by atoms with Crippen LogP contribution < -0.4 is 4.74 Å². The average Bonchev–Trinajstić information content (AvgIpc) is 2.20. The third-order valence-electron chi connectivity index (χ3n) is 1.87. The lowest BCUT2D eigenvalue weighted by Gasteiger charge is -2.08. The van der Waals surface area contributed by atoms with Gasteiger partial charge < -0.3 is 4.74 Å². The Hall–Kier alpha value is -1.38. The zero-order chi connectivity index (χ0) is 10.4. The van der Waals surface area contributed by atoms with Crippen molar-refractivity contribution >= 4 is 6.29 Å². The standard InChI is InChI=1S/C11H13FO2/c1-2-3-7-14-11-9(8-13)5-4-6-10(11)12/h4-6,8H,2-3,7H2,1H3. The van der Waals surface area contributed by atoms with Gasteiger partial charge in [0.05, 0.1) is 12.2 Å². The van der Waals surface area contributed by atoms with Gasteiger partial charge in [-0.05, 0) is 18.6 Å². The molecule has 0 aliphatic rings. The summed E-state index contributed by atoms with van der Waals surface area (Å²) in [5, 5.41) is 0. The summed E-state index contributed by atoms with van der Waals surface area (Å²) < 4.78 is 18.4. The Labute approximate surface area is 82.7 Å². The highest BCUT2D eigenvalue weighted by Crippen LogP contribution is 2.21. The van der Waals surface area contributed by atoms with Crippen LogP contribution in [-0.2, 0) is 0 Å². The number of halogens is 1. The van der Waals surface area contributed by atoms with Crippen molar-refractivity contribution < 1.29 is 13.9 Å². The molecule has 0 saturated heterocycles. The molecular weight excluding hydrogens is 183 g/mol. The van der Waals surface area contributed by atoms with Crippen molar-refractivity contribution in [3.05, 3.63) is 29.6 Å². The predicted octanol–water partition coefficient (Wildman–Crippen LogP) is 2.82. The molecule has 0 aliphatic heterocycles. The van der Waals surface area contributed by atoms with Crippen LogP contribution in [0.25, 0.3) is 0 Å². The van der Waals surface area contributed by atoms with Crippen LogP contribution in [0.4, 0.5) is 4.39 Å². The smallest absolute Gasteiger partial charge is 0.165 e. The molecule has 76 valence electrons. The molecule has 0 unspecified atom stereocenters. The summed E-state index contributed by atoms with van der Waals surface area (Å²) in [5.74, 6) is -0.415. The van der Waals surface area contributed by atoms with E-state index in [2.05, 4.69) is 0 Å². The molecule has 0 spiro atoms. The topological polar surface area (TPSA) is 26.3 Å². The second kappa shape index (κ2) is 5.37. The Morgan fingerprint density at radius 3 is 2.93 bits per heavy atom. The van der Waals surface area contributed by atoms with Crippen LogP contribution in [0.5, 0.6) is 5.75 Å². The van der Waals surface area contributed by atoms with Crippen LogP contribution in [0.1, 0.15) is 30.1 Å². The van der Waals surface area contributed by atoms with Crippen LogP contribution in [0.2, 0.25) is 0 Å². The number of para-hydroxylation sites is 1. The van der Waals surface area contributed by atoms with E-state index in [1.807, 2.05) is 6.92 Å². The third kappa shape index (κ3) is 2.55. The summed E-state index contributed by atoms with van der Waals surface area (Å²) in [6.45, 7) is 2.46. The molecule has 2 nitrogen and oxygen atoms in total. The molecule has 0 amide bonds. The molecule has 1 aromatic carbocycles. The van der Waals surface area contributed by atoms with Crippen molar-refractivity contribution in [2.24, 2.45) is 0 Å². The molecule has 0 heterocycles. The van der Waals surface area contributed by atoms with E-state index in [-0.39, 0.29) is 11.3 Å². The molecule has 0 saturated carbocycles. The summed E-state index contributed by atoms with van der Waals surface area (Å²) in [4.78, 5) is 10.6. The minimum Gasteiger partial charge on any atom is -0.490 e. The molecule has 1 rings (SSSR count). The van der Waals surface area contributed by atoms with Crippen LogP contribution in [-0.4, -0.2) is 12.9 Å². The normalized spacial score (nSPS) is 9.86. The van der Waals surface area contributed by atoms with Gasteiger partial charge in [-0.1, -0.05) is 19.4 Å². The number of carbonyl (C=O) groups is 1. The maximum Gasteiger partial charge on any atom is 0.165 e. The predicted molar refractivity (Wildman–Crippen MR) is 52.2 cm³/mol. The van der Waals surface area contributed by atoms with Crippen molar-refractivity contribution in [1.29, 1.82) is 0 Å². The van der Waals surface area contributed by atoms with E-state index in [9.17, 15) is 9.18 Å². The van der Waals surface area contributed by atoms with Crippen molar-refractivity contribution in [2.45, 2.75) is 19.8 Å². The number of unbranched alkanes of at least 4 members (excludes halogenated alkanes) is 1. The van der Waals surface area contributed by atoms with Gasteiger partial charge in [0.15, 0.2) is 17.9 Å². The number of carbonyl (C=O) groups excluding carboxylic acids is 1. The lowest BCUT2D eigenvalue weighted by molar-refractivity contribution is 0.111. The van der Waals surface area contributed by atoms with Gasteiger partial charge in [0, 0.05) is 0 Å². The summed E-state index contributed by atoms with van der Waals surface area (Å²) in [6.07, 6.45) is 2.43. The summed E-state index contributed by atoms with van der Waals surface area (Å²) in [7, 11) is 0. The zero-order valence-corrected chi connectivity index (χ0v) is 8.13. The number of rotatable bonds is 5. The lowest BCUT2D eigenvalue weighted by Crippen LogP contribution is -2.01. The first kappa shape index (κ1) is 10.7. The second-order valence-electron chi connectivity index (χ2n) is 2.98. The molecule has 3 heteroatoms. The Bertz CT molecular complexity index is 310. The first-order valence-electron chi connectivity index (χ1n) is 4.66. The van der Waals surface area contributed by atoms with Gasteiger partial charge in [0.25, 0.3) is 0 Å². The van der Waals surface area contributed by atoms with Crippen molar-refractivity contribution in [1.82, 2.24) is 0 Å². The third-order valence-corrected chi connectivity index (χ3v) is 1.87. The quantitative estimate of drug-likeness (QED) is 0.534. The van der Waals surface area contributed by atoms with Gasteiger partial charge in [-0.3, -0.25) is 4.79 Å². The monoisotopic (exact) mass is 196 g/mol. The number of hydrogen-bond donors (Lipinski definition) is 0. The van der Waals surface area contributed by atoms with Crippen LogP contribution in [0.15, 0.2) is 18.2 Å². The van der Waals surface area contributed by atoms with Crippen molar-refractivity contribution in [3.8, 4) is 5.75 Å². The maximum absolute atomic E-state index is 13.2. The van der Waals surface area contributed by atoms with Gasteiger partial charge in [-0.15, -0.1) is 0 Å². The molecular formula is C11H13FO2. The van der Waals surface area contributed by atoms with E-state index in [0.717, 1.165) is 12.8 Å². The van der Waals surface area contributed by atoms with E-state index in [1.54, 1.807) is 0 Å². The molecule has 0 aliphatic carbocycles. The largest absolute Gasteiger partial charge is 0.490 e. The number of hydrogen-bond acceptors (Lipinski definition) is 2. The van der Waals surface area contributed by atoms with Gasteiger partial charge in [0.1, 0.15) is 0 Å². The SMILES string of the molecule is CCCCOc1c(F)cccc1C=O. The summed E-state index contributed by atoms with van der Waals surface area (Å²) in [5.41, 5.74) is 0.265. The molecule has 0 atom stereocenters. The molecule has 0 radical (unpaired) electrons. The van der Waals surface area contributed by atoms with E-state index in [1.165, 1.54) is 18.2 Å². The number of aldehydes is 1. The number of benzene rings is 1. The maximum atomic E-state index is 13.2. The van der Waals surface area contributed by atoms with Crippen molar-refractivity contribution in [3.63, 3.8) is 0 Å². The van der Waals surface area contributed by atoms with E-state index in [4.69, 9.17) is 4.74 Å². The van der Waals surface area contributed by atoms with Crippen molar-refractivity contribution in [2.75, 3.05) is 6.61 Å². The molecule has 0 bridgehead atoms. The first-order chi connectivity index (χ1) is 6.79. The Morgan fingerprint density at radius 2 is 2.29 bits per heavy atom. The highest BCUT2D eigenvalue weighted by atomic mass is 19.1. The minimum atomic E-state index is -0.481. The Balaban J connectivity index is 2.77. The van der Waals surface area contributed by atoms with Crippen LogP contribution >= 0.6 is 0 Å². The zero-order valence-electron chi connectivity index (χ0n) is 8.13. The van der Waals surface area contributed by atoms with Gasteiger partial charge in [-0.2, -0.15) is 0 Å². The van der Waals surface area contributed by atoms with Gasteiger partial charge in [-0.25, -0.2) is 4.39 Å². The van der Waals surface area contributed by atoms with Gasteiger partial charge in [0.2, 0.25) is 0 Å².